The number of aliphatic hydroxyl groups excluding tert-OH is 1. The van der Waals surface area contributed by atoms with Crippen LogP contribution >= 0.6 is 0 Å². The van der Waals surface area contributed by atoms with E-state index in [0.29, 0.717) is 28.0 Å². The van der Waals surface area contributed by atoms with Gasteiger partial charge in [-0.1, -0.05) is 0 Å². The molecule has 1 aromatic carbocycles. The molecule has 1 unspecified atom stereocenters. The van der Waals surface area contributed by atoms with Crippen LogP contribution in [0.4, 0.5) is 0 Å². The summed E-state index contributed by atoms with van der Waals surface area (Å²) < 4.78 is 37.6. The van der Waals surface area contributed by atoms with Crippen LogP contribution in [-0.4, -0.2) is 35.2 Å². The summed E-state index contributed by atoms with van der Waals surface area (Å²) in [5, 5.41) is 9.90. The summed E-state index contributed by atoms with van der Waals surface area (Å²) >= 11 is 0. The predicted molar refractivity (Wildman–Crippen MR) is 83.7 cm³/mol. The zero-order chi connectivity index (χ0) is 17.0. The minimum absolute atomic E-state index is 0.109. The number of rotatable bonds is 2. The lowest BCUT2D eigenvalue weighted by Crippen LogP contribution is -2.30. The normalized spacial score (nSPS) is 21.1. The first-order chi connectivity index (χ1) is 10.6. The Balaban J connectivity index is 2.34. The summed E-state index contributed by atoms with van der Waals surface area (Å²) in [6, 6.07) is 2.83. The zero-order valence-electron chi connectivity index (χ0n) is 12.9. The van der Waals surface area contributed by atoms with Gasteiger partial charge in [-0.05, 0) is 31.5 Å². The summed E-state index contributed by atoms with van der Waals surface area (Å²) in [7, 11) is -2.81. The minimum atomic E-state index is -4.34. The molecule has 2 aromatic rings. The molecule has 0 saturated carbocycles. The number of aliphatic hydroxyl groups is 1. The molecule has 1 aliphatic carbocycles. The highest BCUT2D eigenvalue weighted by Gasteiger charge is 2.36. The first-order valence-electron chi connectivity index (χ1n) is 6.89. The lowest BCUT2D eigenvalue weighted by atomic mass is 9.89. The van der Waals surface area contributed by atoms with Gasteiger partial charge in [-0.2, -0.15) is 8.42 Å². The second-order valence-electron chi connectivity index (χ2n) is 5.79. The Kier molecular flexibility index (Phi) is 3.44. The molecule has 0 saturated heterocycles. The van der Waals surface area contributed by atoms with E-state index >= 15 is 0 Å². The fourth-order valence-corrected chi connectivity index (χ4v) is 3.50. The molecule has 23 heavy (non-hydrogen) atoms. The molecule has 1 atom stereocenters. The van der Waals surface area contributed by atoms with Gasteiger partial charge in [0.25, 0.3) is 10.1 Å². The molecule has 7 nitrogen and oxygen atoms in total. The van der Waals surface area contributed by atoms with Crippen LogP contribution in [0.3, 0.4) is 0 Å². The molecule has 0 amide bonds. The molecule has 2 N–H and O–H groups in total. The average Bonchev–Trinajstić information content (AvgIpc) is 2.44. The molecule has 1 aliphatic rings. The molecule has 0 bridgehead atoms. The summed E-state index contributed by atoms with van der Waals surface area (Å²) in [4.78, 5) is 8.70. The number of methoxy groups -OCH3 is 1. The molecular weight excluding hydrogens is 320 g/mol. The van der Waals surface area contributed by atoms with Gasteiger partial charge in [0, 0.05) is 19.6 Å². The van der Waals surface area contributed by atoms with Crippen LogP contribution in [0.15, 0.2) is 22.8 Å². The van der Waals surface area contributed by atoms with E-state index in [2.05, 4.69) is 9.97 Å². The third-order valence-electron chi connectivity index (χ3n) is 4.04. The van der Waals surface area contributed by atoms with Gasteiger partial charge in [0.15, 0.2) is 0 Å². The molecule has 0 fully saturated rings. The number of hydrogen-bond donors (Lipinski definition) is 2. The van der Waals surface area contributed by atoms with Gasteiger partial charge >= 0.3 is 0 Å². The topological polar surface area (TPSA) is 110 Å². The SMILES string of the molecule is COC1(C)CC(O)=Cc2nc3cc(S(=O)(=O)O)c(C)cc3nc21. The maximum atomic E-state index is 11.4. The monoisotopic (exact) mass is 336 g/mol. The molecular formula is C15H16N2O5S. The van der Waals surface area contributed by atoms with Gasteiger partial charge in [0.1, 0.15) is 5.60 Å². The Hall–Kier alpha value is -2.03. The molecule has 122 valence electrons. The van der Waals surface area contributed by atoms with Crippen LogP contribution in [0.2, 0.25) is 0 Å². The van der Waals surface area contributed by atoms with Crippen molar-refractivity contribution in [3.63, 3.8) is 0 Å². The molecule has 1 aromatic heterocycles. The smallest absolute Gasteiger partial charge is 0.294 e. The average molecular weight is 336 g/mol. The van der Waals surface area contributed by atoms with E-state index in [4.69, 9.17) is 4.74 Å². The van der Waals surface area contributed by atoms with E-state index in [-0.39, 0.29) is 17.1 Å². The highest BCUT2D eigenvalue weighted by atomic mass is 32.2. The van der Waals surface area contributed by atoms with E-state index in [1.54, 1.807) is 19.9 Å². The van der Waals surface area contributed by atoms with Gasteiger partial charge in [-0.15, -0.1) is 0 Å². The Labute approximate surface area is 133 Å². The minimum Gasteiger partial charge on any atom is -0.512 e. The summed E-state index contributed by atoms with van der Waals surface area (Å²) in [5.41, 5.74) is 1.35. The van der Waals surface area contributed by atoms with Crippen LogP contribution in [0.25, 0.3) is 17.1 Å². The standard InChI is InChI=1S/C15H16N2O5S/c1-8-4-10-11(6-13(8)23(19,20)21)16-12-5-9(18)7-15(2,22-3)14(12)17-10/h4-6,18H,7H2,1-3H3,(H,19,20,21). The van der Waals surface area contributed by atoms with Crippen molar-refractivity contribution in [1.82, 2.24) is 9.97 Å². The highest BCUT2D eigenvalue weighted by molar-refractivity contribution is 7.85. The maximum absolute atomic E-state index is 11.4. The third-order valence-corrected chi connectivity index (χ3v) is 5.03. The number of benzene rings is 1. The number of aryl methyl sites for hydroxylation is 1. The summed E-state index contributed by atoms with van der Waals surface area (Å²) in [6.07, 6.45) is 1.76. The number of nitrogens with zero attached hydrogens (tertiary/aromatic N) is 2. The Morgan fingerprint density at radius 1 is 1.26 bits per heavy atom. The highest BCUT2D eigenvalue weighted by Crippen LogP contribution is 2.37. The van der Waals surface area contributed by atoms with E-state index in [0.717, 1.165) is 0 Å². The second kappa shape index (κ2) is 4.98. The van der Waals surface area contributed by atoms with Crippen molar-refractivity contribution in [2.45, 2.75) is 30.8 Å². The van der Waals surface area contributed by atoms with E-state index in [1.807, 2.05) is 0 Å². The van der Waals surface area contributed by atoms with Crippen molar-refractivity contribution >= 4 is 27.2 Å². The van der Waals surface area contributed by atoms with Crippen molar-refractivity contribution in [2.24, 2.45) is 0 Å². The van der Waals surface area contributed by atoms with Gasteiger partial charge < -0.3 is 9.84 Å². The van der Waals surface area contributed by atoms with Gasteiger partial charge in [0.2, 0.25) is 0 Å². The Morgan fingerprint density at radius 2 is 1.91 bits per heavy atom. The fraction of sp³-hybridized carbons (Fsp3) is 0.333. The van der Waals surface area contributed by atoms with Gasteiger partial charge in [-0.3, -0.25) is 4.55 Å². The second-order valence-corrected chi connectivity index (χ2v) is 7.18. The summed E-state index contributed by atoms with van der Waals surface area (Å²) in [6.45, 7) is 3.37. The number of ether oxygens (including phenoxy) is 1. The van der Waals surface area contributed by atoms with E-state index in [1.165, 1.54) is 19.3 Å². The first kappa shape index (κ1) is 15.9. The van der Waals surface area contributed by atoms with Crippen molar-refractivity contribution in [2.75, 3.05) is 7.11 Å². The van der Waals surface area contributed by atoms with Gasteiger partial charge in [-0.25, -0.2) is 9.97 Å². The summed E-state index contributed by atoms with van der Waals surface area (Å²) in [5.74, 6) is 0.109. The zero-order valence-corrected chi connectivity index (χ0v) is 13.7. The Morgan fingerprint density at radius 3 is 2.52 bits per heavy atom. The quantitative estimate of drug-likeness (QED) is 0.810. The fourth-order valence-electron chi connectivity index (χ4n) is 2.78. The van der Waals surface area contributed by atoms with Crippen LogP contribution in [0.5, 0.6) is 0 Å². The predicted octanol–water partition coefficient (Wildman–Crippen LogP) is 2.35. The third kappa shape index (κ3) is 2.58. The molecule has 1 heterocycles. The van der Waals surface area contributed by atoms with Gasteiger partial charge in [0.05, 0.1) is 33.1 Å². The number of aromatic nitrogens is 2. The first-order valence-corrected chi connectivity index (χ1v) is 8.33. The molecule has 0 radical (unpaired) electrons. The molecule has 3 rings (SSSR count). The van der Waals surface area contributed by atoms with E-state index in [9.17, 15) is 18.1 Å². The Bertz CT molecular complexity index is 952. The lowest BCUT2D eigenvalue weighted by molar-refractivity contribution is -0.0105. The van der Waals surface area contributed by atoms with Crippen LogP contribution in [0, 0.1) is 6.92 Å². The molecule has 0 spiro atoms. The van der Waals surface area contributed by atoms with Crippen LogP contribution in [0.1, 0.15) is 30.3 Å². The van der Waals surface area contributed by atoms with Crippen molar-refractivity contribution in [3.8, 4) is 0 Å². The van der Waals surface area contributed by atoms with Crippen molar-refractivity contribution < 1.29 is 22.8 Å². The maximum Gasteiger partial charge on any atom is 0.294 e. The largest absolute Gasteiger partial charge is 0.512 e. The van der Waals surface area contributed by atoms with Crippen LogP contribution in [-0.2, 0) is 20.5 Å². The van der Waals surface area contributed by atoms with Crippen LogP contribution < -0.4 is 0 Å². The lowest BCUT2D eigenvalue weighted by Gasteiger charge is -2.31. The van der Waals surface area contributed by atoms with Crippen molar-refractivity contribution in [1.29, 1.82) is 0 Å². The number of fused-ring (bicyclic) bond motifs is 2. The molecule has 8 heteroatoms. The molecule has 0 aliphatic heterocycles. The number of hydrogen-bond acceptors (Lipinski definition) is 6. The van der Waals surface area contributed by atoms with E-state index < -0.39 is 15.7 Å². The van der Waals surface area contributed by atoms with Crippen molar-refractivity contribution in [3.05, 3.63) is 34.8 Å².